The molecule has 2 atom stereocenters. The molecule has 0 aliphatic carbocycles. The molecule has 0 bridgehead atoms. The number of carboxylic acid groups (broad SMARTS) is 1. The van der Waals surface area contributed by atoms with Gasteiger partial charge >= 0.3 is 12.2 Å². The van der Waals surface area contributed by atoms with Crippen molar-refractivity contribution in [3.63, 3.8) is 0 Å². The molecule has 5 rings (SSSR count). The van der Waals surface area contributed by atoms with Crippen LogP contribution >= 0.6 is 0 Å². The number of carbonyl (C=O) groups is 2. The second kappa shape index (κ2) is 13.0. The molecule has 12 nitrogen and oxygen atoms in total. The third kappa shape index (κ3) is 7.20. The first-order valence-corrected chi connectivity index (χ1v) is 19.4. The van der Waals surface area contributed by atoms with E-state index in [4.69, 9.17) is 18.9 Å². The first kappa shape index (κ1) is 34.5. The lowest BCUT2D eigenvalue weighted by Gasteiger charge is -2.42. The maximum Gasteiger partial charge on any atom is 0.420 e. The number of hydrogen-bond donors (Lipinski definition) is 1. The fourth-order valence-electron chi connectivity index (χ4n) is 6.05. The van der Waals surface area contributed by atoms with Crippen molar-refractivity contribution in [3.05, 3.63) is 42.1 Å². The van der Waals surface area contributed by atoms with Crippen LogP contribution in [0.4, 0.5) is 26.9 Å². The molecule has 4 heterocycles. The number of piperidine rings is 1. The molecule has 256 valence electrons. The average Bonchev–Trinajstić information content (AvgIpc) is 3.60. The Bertz CT molecular complexity index is 1600. The van der Waals surface area contributed by atoms with Gasteiger partial charge in [-0.15, -0.1) is 0 Å². The normalized spacial score (nSPS) is 18.7. The number of benzene rings is 1. The highest BCUT2D eigenvalue weighted by Gasteiger charge is 2.45. The smallest absolute Gasteiger partial charge is 0.420 e. The Hall–Kier alpha value is -3.84. The molecule has 1 unspecified atom stereocenters. The van der Waals surface area contributed by atoms with Crippen molar-refractivity contribution in [1.82, 2.24) is 19.5 Å². The van der Waals surface area contributed by atoms with Gasteiger partial charge < -0.3 is 28.8 Å². The van der Waals surface area contributed by atoms with E-state index in [9.17, 15) is 14.7 Å². The number of hydrogen-bond acceptors (Lipinski definition) is 8. The van der Waals surface area contributed by atoms with Crippen LogP contribution in [0, 0.1) is 0 Å². The zero-order valence-electron chi connectivity index (χ0n) is 29.2. The van der Waals surface area contributed by atoms with Gasteiger partial charge in [0.1, 0.15) is 17.2 Å². The Balaban J connectivity index is 1.67. The summed E-state index contributed by atoms with van der Waals surface area (Å²) in [6.07, 6.45) is 2.29. The van der Waals surface area contributed by atoms with Gasteiger partial charge in [-0.25, -0.2) is 19.5 Å². The van der Waals surface area contributed by atoms with Crippen LogP contribution in [0.5, 0.6) is 5.75 Å². The van der Waals surface area contributed by atoms with Gasteiger partial charge in [0.05, 0.1) is 31.1 Å². The van der Waals surface area contributed by atoms with E-state index in [2.05, 4.69) is 43.9 Å². The third-order valence-corrected chi connectivity index (χ3v) is 13.9. The lowest BCUT2D eigenvalue weighted by molar-refractivity contribution is 0.0597. The molecule has 3 aromatic rings. The maximum absolute atomic E-state index is 14.2. The number of ether oxygens (including phenoxy) is 2. The lowest BCUT2D eigenvalue weighted by Crippen LogP contribution is -2.54. The summed E-state index contributed by atoms with van der Waals surface area (Å²) < 4.78 is 20.2. The summed E-state index contributed by atoms with van der Waals surface area (Å²) >= 11 is 0. The minimum Gasteiger partial charge on any atom is -0.494 e. The van der Waals surface area contributed by atoms with Gasteiger partial charge in [-0.2, -0.15) is 9.61 Å². The Morgan fingerprint density at radius 3 is 2.40 bits per heavy atom. The molecule has 2 amide bonds. The summed E-state index contributed by atoms with van der Waals surface area (Å²) in [5.41, 5.74) is 1.24. The molecule has 13 heteroatoms. The Morgan fingerprint density at radius 1 is 1.09 bits per heavy atom. The van der Waals surface area contributed by atoms with Crippen molar-refractivity contribution < 1.29 is 28.6 Å². The molecule has 1 N–H and O–H groups in total. The van der Waals surface area contributed by atoms with Crippen LogP contribution in [0.1, 0.15) is 66.9 Å². The van der Waals surface area contributed by atoms with Crippen LogP contribution in [0.3, 0.4) is 0 Å². The Labute approximate surface area is 278 Å². The van der Waals surface area contributed by atoms with E-state index >= 15 is 0 Å². The highest BCUT2D eigenvalue weighted by molar-refractivity contribution is 6.74. The van der Waals surface area contributed by atoms with Crippen molar-refractivity contribution in [3.8, 4) is 5.75 Å². The van der Waals surface area contributed by atoms with Crippen LogP contribution in [0.2, 0.25) is 18.1 Å². The molecule has 0 spiro atoms. The van der Waals surface area contributed by atoms with E-state index < -0.39 is 26.1 Å². The standard InChI is InChI=1S/C34H50N6O6Si/c1-10-44-26-15-13-23(14-16-26)39(32(43)46-33(2,3)4)30-27-20-25(22-45-47(8,9)34(5,6)7)38(24-12-11-19-37(21-24)31(41)42)29(27)36-28-17-18-35-40(28)30/h13-18,24-25H,10-12,19-22H2,1-9H3,(H,41,42)/t24?,25-/m0/s1. The first-order chi connectivity index (χ1) is 22.0. The van der Waals surface area contributed by atoms with E-state index in [1.54, 1.807) is 15.6 Å². The van der Waals surface area contributed by atoms with E-state index in [0.29, 0.717) is 61.4 Å². The topological polar surface area (TPSA) is 122 Å². The van der Waals surface area contributed by atoms with E-state index in [1.807, 2.05) is 58.0 Å². The number of fused-ring (bicyclic) bond motifs is 2. The second-order valence-corrected chi connectivity index (χ2v) is 19.8. The molecule has 2 aliphatic rings. The van der Waals surface area contributed by atoms with Crippen molar-refractivity contribution in [2.75, 3.05) is 36.1 Å². The summed E-state index contributed by atoms with van der Waals surface area (Å²) in [4.78, 5) is 36.7. The summed E-state index contributed by atoms with van der Waals surface area (Å²) in [7, 11) is -2.13. The van der Waals surface area contributed by atoms with Crippen LogP contribution in [-0.4, -0.2) is 89.1 Å². The number of amides is 2. The zero-order chi connectivity index (χ0) is 34.3. The Morgan fingerprint density at radius 2 is 1.79 bits per heavy atom. The Kier molecular flexibility index (Phi) is 9.53. The van der Waals surface area contributed by atoms with Crippen molar-refractivity contribution in [2.45, 2.75) is 104 Å². The van der Waals surface area contributed by atoms with Gasteiger partial charge in [-0.1, -0.05) is 20.8 Å². The first-order valence-electron chi connectivity index (χ1n) is 16.5. The third-order valence-electron chi connectivity index (χ3n) is 9.36. The lowest BCUT2D eigenvalue weighted by atomic mass is 10.0. The summed E-state index contributed by atoms with van der Waals surface area (Å²) in [5.74, 6) is 1.95. The van der Waals surface area contributed by atoms with Crippen LogP contribution in [0.15, 0.2) is 36.5 Å². The number of rotatable bonds is 8. The van der Waals surface area contributed by atoms with Gasteiger partial charge in [0.2, 0.25) is 0 Å². The quantitative estimate of drug-likeness (QED) is 0.251. The van der Waals surface area contributed by atoms with Crippen molar-refractivity contribution in [2.24, 2.45) is 0 Å². The zero-order valence-corrected chi connectivity index (χ0v) is 30.2. The molecular weight excluding hydrogens is 616 g/mol. The van der Waals surface area contributed by atoms with E-state index in [-0.39, 0.29) is 17.1 Å². The van der Waals surface area contributed by atoms with Crippen molar-refractivity contribution >= 4 is 43.5 Å². The minimum absolute atomic E-state index is 0.0134. The van der Waals surface area contributed by atoms with Gasteiger partial charge in [-0.05, 0) is 82.9 Å². The predicted octanol–water partition coefficient (Wildman–Crippen LogP) is 7.10. The summed E-state index contributed by atoms with van der Waals surface area (Å²) in [6, 6.07) is 8.93. The monoisotopic (exact) mass is 666 g/mol. The molecule has 1 fully saturated rings. The molecule has 0 radical (unpaired) electrons. The fraction of sp³-hybridized carbons (Fsp3) is 0.588. The van der Waals surface area contributed by atoms with E-state index in [0.717, 1.165) is 18.4 Å². The van der Waals surface area contributed by atoms with Crippen LogP contribution in [0.25, 0.3) is 5.65 Å². The molecule has 2 aromatic heterocycles. The number of nitrogens with zero attached hydrogens (tertiary/aromatic N) is 6. The molecule has 0 saturated carbocycles. The largest absolute Gasteiger partial charge is 0.494 e. The minimum atomic E-state index is -2.13. The fourth-order valence-corrected chi connectivity index (χ4v) is 7.09. The van der Waals surface area contributed by atoms with Gasteiger partial charge in [-0.3, -0.25) is 0 Å². The summed E-state index contributed by atoms with van der Waals surface area (Å²) in [6.45, 7) is 20.4. The molecule has 1 saturated heterocycles. The van der Waals surface area contributed by atoms with Gasteiger partial charge in [0, 0.05) is 37.2 Å². The number of likely N-dealkylation sites (tertiary alicyclic amines) is 1. The predicted molar refractivity (Wildman–Crippen MR) is 185 cm³/mol. The maximum atomic E-state index is 14.2. The van der Waals surface area contributed by atoms with Crippen LogP contribution < -0.4 is 14.5 Å². The highest BCUT2D eigenvalue weighted by atomic mass is 28.4. The van der Waals surface area contributed by atoms with Gasteiger partial charge in [0.25, 0.3) is 0 Å². The number of aromatic nitrogens is 3. The number of carbonyl (C=O) groups excluding carboxylic acids is 1. The van der Waals surface area contributed by atoms with Crippen LogP contribution in [-0.2, 0) is 15.6 Å². The van der Waals surface area contributed by atoms with Crippen molar-refractivity contribution in [1.29, 1.82) is 0 Å². The molecular formula is C34H50N6O6Si. The van der Waals surface area contributed by atoms with Gasteiger partial charge in [0.15, 0.2) is 19.8 Å². The summed E-state index contributed by atoms with van der Waals surface area (Å²) in [5, 5.41) is 14.6. The molecule has 2 aliphatic heterocycles. The second-order valence-electron chi connectivity index (χ2n) is 14.9. The highest BCUT2D eigenvalue weighted by Crippen LogP contribution is 2.44. The van der Waals surface area contributed by atoms with E-state index in [1.165, 1.54) is 4.90 Å². The SMILES string of the molecule is CCOc1ccc(N(C(=O)OC(C)(C)C)c2c3c(nc4ccnn24)N(C2CCCN(C(=O)O)C2)[C@H](CO[Si](C)(C)C(C)(C)C)C3)cc1. The number of anilines is 3. The average molecular weight is 667 g/mol. The molecule has 1 aromatic carbocycles. The molecule has 47 heavy (non-hydrogen) atoms.